The Morgan fingerprint density at radius 3 is 1.82 bits per heavy atom. The molecule has 1 heterocycles. The van der Waals surface area contributed by atoms with Crippen LogP contribution in [0.25, 0.3) is 0 Å². The number of benzene rings is 1. The maximum atomic E-state index is 12.9. The number of carbonyl (C=O) groups excluding carboxylic acids is 2. The van der Waals surface area contributed by atoms with E-state index in [-0.39, 0.29) is 5.17 Å². The summed E-state index contributed by atoms with van der Waals surface area (Å²) in [7, 11) is 0. The molecule has 0 saturated carbocycles. The zero-order valence-electron chi connectivity index (χ0n) is 10.1. The number of nitrogens with zero attached hydrogens (tertiary/aromatic N) is 1. The van der Waals surface area contributed by atoms with Gasteiger partial charge in [-0.25, -0.2) is 9.59 Å². The third-order valence-corrected chi connectivity index (χ3v) is 2.41. The van der Waals surface area contributed by atoms with Crippen LogP contribution in [0.15, 0.2) is 18.2 Å². The van der Waals surface area contributed by atoms with Crippen molar-refractivity contribution in [2.24, 2.45) is 0 Å². The molecule has 22 heavy (non-hydrogen) atoms. The number of hydrazine groups is 1. The molecule has 0 bridgehead atoms. The first-order valence-corrected chi connectivity index (χ1v) is 5.28. The van der Waals surface area contributed by atoms with Crippen molar-refractivity contribution in [2.75, 3.05) is 5.17 Å². The summed E-state index contributed by atoms with van der Waals surface area (Å²) in [6.07, 6.45) is -10.4. The monoisotopic (exact) mass is 330 g/mol. The van der Waals surface area contributed by atoms with Gasteiger partial charge >= 0.3 is 24.3 Å². The van der Waals surface area contributed by atoms with Crippen molar-refractivity contribution in [1.29, 1.82) is 0 Å². The van der Waals surface area contributed by atoms with Crippen molar-refractivity contribution in [1.82, 2.24) is 5.59 Å². The second-order valence-electron chi connectivity index (χ2n) is 3.85. The number of hydrogen-bond acceptors (Lipinski definition) is 6. The Kier molecular flexibility index (Phi) is 3.64. The molecule has 1 aliphatic rings. The molecule has 0 radical (unpaired) electrons. The molecule has 1 aromatic carbocycles. The van der Waals surface area contributed by atoms with Gasteiger partial charge in [0.25, 0.3) is 0 Å². The molecule has 1 saturated heterocycles. The van der Waals surface area contributed by atoms with E-state index in [9.17, 15) is 35.9 Å². The Morgan fingerprint density at radius 2 is 1.41 bits per heavy atom. The fourth-order valence-corrected chi connectivity index (χ4v) is 1.57. The zero-order chi connectivity index (χ0) is 16.7. The maximum absolute atomic E-state index is 12.9. The van der Waals surface area contributed by atoms with Gasteiger partial charge in [0.2, 0.25) is 0 Å². The SMILES string of the molecule is O=C1ONN(c2c(C(F)(F)F)cccc2C(F)(F)F)OC1=O. The van der Waals surface area contributed by atoms with Gasteiger partial charge in [0.05, 0.1) is 11.1 Å². The third-order valence-electron chi connectivity index (χ3n) is 2.41. The van der Waals surface area contributed by atoms with Crippen LogP contribution in [-0.4, -0.2) is 11.9 Å². The summed E-state index contributed by atoms with van der Waals surface area (Å²) in [4.78, 5) is 29.6. The minimum absolute atomic E-state index is 0.310. The van der Waals surface area contributed by atoms with Gasteiger partial charge in [-0.05, 0) is 17.7 Å². The first kappa shape index (κ1) is 15.9. The Balaban J connectivity index is 2.61. The first-order chi connectivity index (χ1) is 10.0. The van der Waals surface area contributed by atoms with Crippen LogP contribution in [0.4, 0.5) is 32.0 Å². The van der Waals surface area contributed by atoms with E-state index in [0.29, 0.717) is 18.2 Å². The van der Waals surface area contributed by atoms with Crippen LogP contribution in [0.1, 0.15) is 11.1 Å². The van der Waals surface area contributed by atoms with Gasteiger partial charge in [0.15, 0.2) is 0 Å². The van der Waals surface area contributed by atoms with E-state index in [2.05, 4.69) is 9.68 Å². The van der Waals surface area contributed by atoms with Crippen molar-refractivity contribution < 1.29 is 45.6 Å². The Morgan fingerprint density at radius 1 is 0.909 bits per heavy atom. The van der Waals surface area contributed by atoms with E-state index in [4.69, 9.17) is 0 Å². The van der Waals surface area contributed by atoms with E-state index < -0.39 is 41.1 Å². The average molecular weight is 330 g/mol. The largest absolute Gasteiger partial charge is 0.444 e. The van der Waals surface area contributed by atoms with Gasteiger partial charge in [-0.2, -0.15) is 26.3 Å². The van der Waals surface area contributed by atoms with Gasteiger partial charge in [-0.1, -0.05) is 11.2 Å². The number of halogens is 6. The first-order valence-electron chi connectivity index (χ1n) is 5.28. The van der Waals surface area contributed by atoms with Gasteiger partial charge < -0.3 is 9.68 Å². The van der Waals surface area contributed by atoms with E-state index in [1.54, 1.807) is 0 Å². The van der Waals surface area contributed by atoms with Crippen molar-refractivity contribution in [3.8, 4) is 0 Å². The summed E-state index contributed by atoms with van der Waals surface area (Å²) < 4.78 is 77.3. The lowest BCUT2D eigenvalue weighted by Crippen LogP contribution is -2.50. The van der Waals surface area contributed by atoms with Crippen LogP contribution in [-0.2, 0) is 31.6 Å². The lowest BCUT2D eigenvalue weighted by Gasteiger charge is -2.29. The highest BCUT2D eigenvalue weighted by molar-refractivity contribution is 6.30. The van der Waals surface area contributed by atoms with Crippen LogP contribution in [0.2, 0.25) is 0 Å². The van der Waals surface area contributed by atoms with Crippen LogP contribution in [0.5, 0.6) is 0 Å². The fourth-order valence-electron chi connectivity index (χ4n) is 1.57. The Labute approximate surface area is 117 Å². The van der Waals surface area contributed by atoms with E-state index in [1.807, 2.05) is 0 Å². The molecule has 2 rings (SSSR count). The summed E-state index contributed by atoms with van der Waals surface area (Å²) in [6.45, 7) is 0. The van der Waals surface area contributed by atoms with Crippen molar-refractivity contribution in [3.63, 3.8) is 0 Å². The predicted molar refractivity (Wildman–Crippen MR) is 54.2 cm³/mol. The molecule has 0 aromatic heterocycles. The smallest absolute Gasteiger partial charge is 0.338 e. The van der Waals surface area contributed by atoms with Crippen molar-refractivity contribution >= 4 is 17.6 Å². The average Bonchev–Trinajstić information content (AvgIpc) is 2.39. The second-order valence-corrected chi connectivity index (χ2v) is 3.85. The molecule has 0 unspecified atom stereocenters. The van der Waals surface area contributed by atoms with E-state index >= 15 is 0 Å². The molecular weight excluding hydrogens is 326 g/mol. The fraction of sp³-hybridized carbons (Fsp3) is 0.200. The molecule has 1 aliphatic heterocycles. The van der Waals surface area contributed by atoms with Crippen molar-refractivity contribution in [2.45, 2.75) is 12.4 Å². The number of alkyl halides is 6. The molecule has 12 heteroatoms. The summed E-state index contributed by atoms with van der Waals surface area (Å²) in [5.41, 5.74) is -3.68. The van der Waals surface area contributed by atoms with Crippen molar-refractivity contribution in [3.05, 3.63) is 29.3 Å². The van der Waals surface area contributed by atoms with Crippen LogP contribution in [0.3, 0.4) is 0 Å². The molecule has 1 fully saturated rings. The number of nitrogens with one attached hydrogen (secondary N) is 1. The maximum Gasteiger partial charge on any atom is 0.444 e. The molecular formula is C10H4F6N2O4. The molecule has 0 amide bonds. The normalized spacial score (nSPS) is 16.4. The molecule has 6 nitrogen and oxygen atoms in total. The van der Waals surface area contributed by atoms with Gasteiger partial charge in [-0.3, -0.25) is 0 Å². The number of carbonyl (C=O) groups is 2. The van der Waals surface area contributed by atoms with E-state index in [0.717, 1.165) is 0 Å². The number of hydrogen-bond donors (Lipinski definition) is 1. The summed E-state index contributed by atoms with van der Waals surface area (Å²) >= 11 is 0. The van der Waals surface area contributed by atoms with Gasteiger partial charge in [0.1, 0.15) is 5.69 Å². The highest BCUT2D eigenvalue weighted by atomic mass is 19.4. The highest BCUT2D eigenvalue weighted by Crippen LogP contribution is 2.44. The molecule has 1 N–H and O–H groups in total. The van der Waals surface area contributed by atoms with Crippen LogP contribution < -0.4 is 10.8 Å². The molecule has 0 atom stereocenters. The second kappa shape index (κ2) is 5.05. The standard InChI is InChI=1S/C10H4F6N2O4/c11-9(12,13)4-2-1-3-5(10(14,15)16)6(4)18-17-21-7(19)8(20)22-18/h1-3,17H. The number of rotatable bonds is 1. The zero-order valence-corrected chi connectivity index (χ0v) is 10.1. The van der Waals surface area contributed by atoms with Crippen LogP contribution in [0, 0.1) is 0 Å². The summed E-state index contributed by atoms with van der Waals surface area (Å²) in [5.74, 6) is -3.42. The lowest BCUT2D eigenvalue weighted by molar-refractivity contribution is -0.193. The summed E-state index contributed by atoms with van der Waals surface area (Å²) in [6, 6.07) is 1.22. The topological polar surface area (TPSA) is 67.9 Å². The minimum atomic E-state index is -5.19. The quantitative estimate of drug-likeness (QED) is 0.627. The molecule has 0 aliphatic carbocycles. The van der Waals surface area contributed by atoms with Gasteiger partial charge in [0, 0.05) is 0 Å². The van der Waals surface area contributed by atoms with Gasteiger partial charge in [-0.15, -0.1) is 0 Å². The number of anilines is 1. The molecule has 120 valence electrons. The Hall–Kier alpha value is -2.50. The van der Waals surface area contributed by atoms with E-state index in [1.165, 1.54) is 5.59 Å². The molecule has 0 spiro atoms. The third kappa shape index (κ3) is 2.90. The highest BCUT2D eigenvalue weighted by Gasteiger charge is 2.45. The van der Waals surface area contributed by atoms with Crippen LogP contribution >= 0.6 is 0 Å². The number of para-hydroxylation sites is 1. The summed E-state index contributed by atoms with van der Waals surface area (Å²) in [5, 5.41) is -0.310. The lowest BCUT2D eigenvalue weighted by atomic mass is 10.1. The predicted octanol–water partition coefficient (Wildman–Crippen LogP) is 1.97. The molecule has 1 aromatic rings. The minimum Gasteiger partial charge on any atom is -0.338 e. The Bertz CT molecular complexity index is 595.